The summed E-state index contributed by atoms with van der Waals surface area (Å²) >= 11 is 0. The Kier molecular flexibility index (Phi) is 4.76. The molecule has 0 radical (unpaired) electrons. The lowest BCUT2D eigenvalue weighted by Gasteiger charge is -2.60. The van der Waals surface area contributed by atoms with Gasteiger partial charge in [0.15, 0.2) is 6.61 Å². The van der Waals surface area contributed by atoms with Crippen molar-refractivity contribution in [2.75, 3.05) is 6.61 Å². The number of hydrogen-bond donors (Lipinski definition) is 1. The van der Waals surface area contributed by atoms with Crippen LogP contribution in [0.4, 0.5) is 0 Å². The smallest absolute Gasteiger partial charge is 0.303 e. The van der Waals surface area contributed by atoms with E-state index in [2.05, 4.69) is 13.8 Å². The number of rotatable bonds is 3. The van der Waals surface area contributed by atoms with Gasteiger partial charge < -0.3 is 9.84 Å². The SMILES string of the molecule is CC(=O)OCC(=O)[C@@]1(O)CCC2C3CC[C@H]4CC(=O)CCC4(C)C3CCC21C. The van der Waals surface area contributed by atoms with Crippen molar-refractivity contribution in [3.63, 3.8) is 0 Å². The van der Waals surface area contributed by atoms with E-state index in [4.69, 9.17) is 4.74 Å². The lowest BCUT2D eigenvalue weighted by Crippen LogP contribution is -2.59. The largest absolute Gasteiger partial charge is 0.458 e. The number of carbonyl (C=O) groups is 3. The van der Waals surface area contributed by atoms with Crippen LogP contribution in [0.25, 0.3) is 0 Å². The van der Waals surface area contributed by atoms with Gasteiger partial charge in [0.1, 0.15) is 11.4 Å². The molecule has 0 saturated heterocycles. The number of Topliss-reactive ketones (excluding diaryl/α,β-unsaturated/α-hetero) is 2. The van der Waals surface area contributed by atoms with Crippen LogP contribution in [0.3, 0.4) is 0 Å². The van der Waals surface area contributed by atoms with Gasteiger partial charge in [0.25, 0.3) is 0 Å². The van der Waals surface area contributed by atoms with Crippen LogP contribution >= 0.6 is 0 Å². The van der Waals surface area contributed by atoms with Crippen molar-refractivity contribution in [3.05, 3.63) is 0 Å². The second-order valence-corrected chi connectivity index (χ2v) is 10.5. The molecule has 7 atom stereocenters. The molecule has 0 spiro atoms. The van der Waals surface area contributed by atoms with Crippen LogP contribution in [-0.2, 0) is 19.1 Å². The van der Waals surface area contributed by atoms with Crippen molar-refractivity contribution >= 4 is 17.5 Å². The first-order chi connectivity index (χ1) is 13.1. The fraction of sp³-hybridized carbons (Fsp3) is 0.870. The van der Waals surface area contributed by atoms with E-state index in [1.807, 2.05) is 0 Å². The van der Waals surface area contributed by atoms with E-state index in [1.165, 1.54) is 6.92 Å². The standard InChI is InChI=1S/C23H34O5/c1-14(24)28-13-20(26)23(27)11-8-19-17-5-4-15-12-16(25)6-9-21(15,2)18(17)7-10-22(19,23)3/h15,17-19,27H,4-13H2,1-3H3/t15-,17?,18?,19?,21?,22?,23-/m0/s1. The zero-order valence-electron chi connectivity index (χ0n) is 17.5. The van der Waals surface area contributed by atoms with E-state index in [1.54, 1.807) is 0 Å². The highest BCUT2D eigenvalue weighted by molar-refractivity contribution is 5.91. The molecule has 1 N–H and O–H groups in total. The van der Waals surface area contributed by atoms with Crippen LogP contribution < -0.4 is 0 Å². The maximum atomic E-state index is 12.9. The molecule has 0 aromatic heterocycles. The Balaban J connectivity index is 1.57. The molecule has 4 aliphatic rings. The van der Waals surface area contributed by atoms with E-state index in [0.717, 1.165) is 44.9 Å². The molecule has 4 saturated carbocycles. The number of aliphatic hydroxyl groups is 1. The highest BCUT2D eigenvalue weighted by Crippen LogP contribution is 2.68. The van der Waals surface area contributed by atoms with Gasteiger partial charge in [-0.25, -0.2) is 0 Å². The van der Waals surface area contributed by atoms with Gasteiger partial charge >= 0.3 is 5.97 Å². The van der Waals surface area contributed by atoms with Gasteiger partial charge in [0.2, 0.25) is 5.78 Å². The highest BCUT2D eigenvalue weighted by atomic mass is 16.5. The summed E-state index contributed by atoms with van der Waals surface area (Å²) in [4.78, 5) is 36.0. The van der Waals surface area contributed by atoms with Gasteiger partial charge in [-0.1, -0.05) is 13.8 Å². The molecule has 5 nitrogen and oxygen atoms in total. The molecule has 5 heteroatoms. The first-order valence-electron chi connectivity index (χ1n) is 11.0. The van der Waals surface area contributed by atoms with Gasteiger partial charge in [0, 0.05) is 25.2 Å². The predicted octanol–water partition coefficient (Wildman–Crippen LogP) is 3.46. The molecule has 0 aromatic carbocycles. The Labute approximate surface area is 167 Å². The summed E-state index contributed by atoms with van der Waals surface area (Å²) in [5.41, 5.74) is -1.61. The van der Waals surface area contributed by atoms with Crippen molar-refractivity contribution < 1.29 is 24.2 Å². The van der Waals surface area contributed by atoms with E-state index >= 15 is 0 Å². The second kappa shape index (κ2) is 6.65. The second-order valence-electron chi connectivity index (χ2n) is 10.5. The van der Waals surface area contributed by atoms with Crippen LogP contribution in [0.1, 0.15) is 78.6 Å². The molecular weight excluding hydrogens is 356 g/mol. The first-order valence-corrected chi connectivity index (χ1v) is 11.0. The quantitative estimate of drug-likeness (QED) is 0.747. The maximum absolute atomic E-state index is 12.9. The Morgan fingerprint density at radius 2 is 1.79 bits per heavy atom. The predicted molar refractivity (Wildman–Crippen MR) is 103 cm³/mol. The fourth-order valence-corrected chi connectivity index (χ4v) is 7.81. The minimum atomic E-state index is -1.39. The van der Waals surface area contributed by atoms with Crippen molar-refractivity contribution in [2.24, 2.45) is 34.5 Å². The molecule has 4 fully saturated rings. The normalized spacial score (nSPS) is 47.6. The fourth-order valence-electron chi connectivity index (χ4n) is 7.81. The molecule has 28 heavy (non-hydrogen) atoms. The topological polar surface area (TPSA) is 80.7 Å². The van der Waals surface area contributed by atoms with Crippen LogP contribution in [-0.4, -0.2) is 34.9 Å². The molecule has 156 valence electrons. The summed E-state index contributed by atoms with van der Waals surface area (Å²) < 4.78 is 4.93. The maximum Gasteiger partial charge on any atom is 0.303 e. The first kappa shape index (κ1) is 20.1. The third-order valence-electron chi connectivity index (χ3n) is 9.50. The molecule has 4 aliphatic carbocycles. The minimum absolute atomic E-state index is 0.223. The summed E-state index contributed by atoms with van der Waals surface area (Å²) in [7, 11) is 0. The summed E-state index contributed by atoms with van der Waals surface area (Å²) in [6.07, 6.45) is 7.82. The van der Waals surface area contributed by atoms with Gasteiger partial charge in [-0.3, -0.25) is 14.4 Å². The van der Waals surface area contributed by atoms with Gasteiger partial charge in [-0.15, -0.1) is 0 Å². The van der Waals surface area contributed by atoms with Crippen molar-refractivity contribution in [3.8, 4) is 0 Å². The summed E-state index contributed by atoms with van der Waals surface area (Å²) in [5, 5.41) is 11.5. The van der Waals surface area contributed by atoms with Crippen LogP contribution in [0.5, 0.6) is 0 Å². The van der Waals surface area contributed by atoms with Gasteiger partial charge in [0.05, 0.1) is 0 Å². The number of fused-ring (bicyclic) bond motifs is 5. The minimum Gasteiger partial charge on any atom is -0.458 e. The molecule has 4 rings (SSSR count). The Hall–Kier alpha value is -1.23. The van der Waals surface area contributed by atoms with Gasteiger partial charge in [-0.2, -0.15) is 0 Å². The molecule has 0 aromatic rings. The van der Waals surface area contributed by atoms with E-state index in [0.29, 0.717) is 42.3 Å². The van der Waals surface area contributed by atoms with Crippen molar-refractivity contribution in [1.29, 1.82) is 0 Å². The number of carbonyl (C=O) groups excluding carboxylic acids is 3. The van der Waals surface area contributed by atoms with Crippen molar-refractivity contribution in [2.45, 2.75) is 84.2 Å². The van der Waals surface area contributed by atoms with E-state index in [-0.39, 0.29) is 17.8 Å². The molecule has 5 unspecified atom stereocenters. The number of ether oxygens (including phenoxy) is 1. The Bertz CT molecular complexity index is 701. The summed E-state index contributed by atoms with van der Waals surface area (Å²) in [5.74, 6) is 1.53. The van der Waals surface area contributed by atoms with Crippen molar-refractivity contribution in [1.82, 2.24) is 0 Å². The average Bonchev–Trinajstić information content (AvgIpc) is 2.92. The Morgan fingerprint density at radius 3 is 2.50 bits per heavy atom. The van der Waals surface area contributed by atoms with Crippen LogP contribution in [0, 0.1) is 34.5 Å². The van der Waals surface area contributed by atoms with Gasteiger partial charge in [-0.05, 0) is 74.0 Å². The zero-order chi connectivity index (χ0) is 20.3. The van der Waals surface area contributed by atoms with E-state index in [9.17, 15) is 19.5 Å². The number of esters is 1. The molecule has 0 aliphatic heterocycles. The summed E-state index contributed by atoms with van der Waals surface area (Å²) in [6.45, 7) is 5.45. The highest BCUT2D eigenvalue weighted by Gasteiger charge is 2.66. The lowest BCUT2D eigenvalue weighted by molar-refractivity contribution is -0.175. The Morgan fingerprint density at radius 1 is 1.07 bits per heavy atom. The lowest BCUT2D eigenvalue weighted by atomic mass is 9.44. The number of hydrogen-bond acceptors (Lipinski definition) is 5. The third kappa shape index (κ3) is 2.72. The summed E-state index contributed by atoms with van der Waals surface area (Å²) in [6, 6.07) is 0. The van der Waals surface area contributed by atoms with Crippen LogP contribution in [0.15, 0.2) is 0 Å². The molecule has 0 amide bonds. The molecule has 0 bridgehead atoms. The monoisotopic (exact) mass is 390 g/mol. The molecule has 0 heterocycles. The zero-order valence-corrected chi connectivity index (χ0v) is 17.5. The third-order valence-corrected chi connectivity index (χ3v) is 9.50. The van der Waals surface area contributed by atoms with E-state index < -0.39 is 17.0 Å². The average molecular weight is 391 g/mol. The van der Waals surface area contributed by atoms with Crippen LogP contribution in [0.2, 0.25) is 0 Å². The molecular formula is C23H34O5. The number of ketones is 2.